The highest BCUT2D eigenvalue weighted by Gasteiger charge is 2.06. The van der Waals surface area contributed by atoms with Gasteiger partial charge in [0.15, 0.2) is 5.96 Å². The molecule has 5 heteroatoms. The first-order valence-electron chi connectivity index (χ1n) is 3.57. The monoisotopic (exact) mass is 217 g/mol. The van der Waals surface area contributed by atoms with E-state index in [1.165, 1.54) is 0 Å². The van der Waals surface area contributed by atoms with E-state index in [-0.39, 0.29) is 5.96 Å². The molecule has 1 aromatic rings. The summed E-state index contributed by atoms with van der Waals surface area (Å²) in [7, 11) is 0. The van der Waals surface area contributed by atoms with Crippen molar-refractivity contribution in [3.8, 4) is 0 Å². The van der Waals surface area contributed by atoms with E-state index in [9.17, 15) is 0 Å². The minimum absolute atomic E-state index is 0.187. The first kappa shape index (κ1) is 10.2. The van der Waals surface area contributed by atoms with Crippen molar-refractivity contribution >= 4 is 34.8 Å². The van der Waals surface area contributed by atoms with Crippen molar-refractivity contribution in [2.24, 2.45) is 5.73 Å². The normalized spacial score (nSPS) is 9.77. The van der Waals surface area contributed by atoms with Gasteiger partial charge >= 0.3 is 0 Å². The number of anilines is 1. The molecule has 4 N–H and O–H groups in total. The third kappa shape index (κ3) is 2.50. The summed E-state index contributed by atoms with van der Waals surface area (Å²) in [5, 5.41) is 10.5. The Bertz CT molecular complexity index is 326. The van der Waals surface area contributed by atoms with E-state index in [2.05, 4.69) is 5.32 Å². The van der Waals surface area contributed by atoms with Crippen molar-refractivity contribution in [3.05, 3.63) is 27.7 Å². The second kappa shape index (κ2) is 3.85. The largest absolute Gasteiger partial charge is 0.370 e. The van der Waals surface area contributed by atoms with Crippen molar-refractivity contribution < 1.29 is 0 Å². The quantitative estimate of drug-likeness (QED) is 0.501. The molecule has 0 fully saturated rings. The lowest BCUT2D eigenvalue weighted by Gasteiger charge is -2.09. The van der Waals surface area contributed by atoms with Gasteiger partial charge in [-0.15, -0.1) is 0 Å². The molecule has 0 aliphatic heterocycles. The molecule has 0 spiro atoms. The molecule has 0 heterocycles. The zero-order valence-corrected chi connectivity index (χ0v) is 8.50. The average molecular weight is 218 g/mol. The van der Waals surface area contributed by atoms with Gasteiger partial charge in [0.2, 0.25) is 0 Å². The van der Waals surface area contributed by atoms with Gasteiger partial charge in [-0.1, -0.05) is 23.2 Å². The number of benzene rings is 1. The first-order chi connectivity index (χ1) is 6.00. The molecule has 0 aromatic heterocycles. The summed E-state index contributed by atoms with van der Waals surface area (Å²) in [6.45, 7) is 1.88. The lowest BCUT2D eigenvalue weighted by Crippen LogP contribution is -2.20. The number of halogens is 2. The third-order valence-electron chi connectivity index (χ3n) is 1.45. The Kier molecular flexibility index (Phi) is 3.01. The predicted molar refractivity (Wildman–Crippen MR) is 56.7 cm³/mol. The van der Waals surface area contributed by atoms with Gasteiger partial charge in [-0.05, 0) is 24.6 Å². The minimum Gasteiger partial charge on any atom is -0.370 e. The molecule has 0 amide bonds. The van der Waals surface area contributed by atoms with Gasteiger partial charge in [-0.2, -0.15) is 0 Å². The molecule has 0 bridgehead atoms. The van der Waals surface area contributed by atoms with Crippen molar-refractivity contribution in [1.82, 2.24) is 0 Å². The van der Waals surface area contributed by atoms with Crippen LogP contribution in [0.4, 0.5) is 5.69 Å². The van der Waals surface area contributed by atoms with Crippen molar-refractivity contribution in [3.63, 3.8) is 0 Å². The maximum Gasteiger partial charge on any atom is 0.190 e. The van der Waals surface area contributed by atoms with Crippen LogP contribution >= 0.6 is 23.2 Å². The van der Waals surface area contributed by atoms with Crippen LogP contribution in [-0.2, 0) is 0 Å². The van der Waals surface area contributed by atoms with E-state index in [4.69, 9.17) is 34.3 Å². The van der Waals surface area contributed by atoms with Crippen LogP contribution in [0.1, 0.15) is 5.56 Å². The second-order valence-electron chi connectivity index (χ2n) is 2.64. The number of aryl methyl sites for hydroxylation is 1. The standard InChI is InChI=1S/C8H9Cl2N3/c1-4-2-5(9)7(6(10)3-4)13-8(11)12/h2-3H,1H3,(H4,11,12,13). The third-order valence-corrected chi connectivity index (χ3v) is 2.04. The van der Waals surface area contributed by atoms with E-state index < -0.39 is 0 Å². The lowest BCUT2D eigenvalue weighted by molar-refractivity contribution is 1.40. The van der Waals surface area contributed by atoms with Crippen LogP contribution in [0.3, 0.4) is 0 Å². The number of nitrogens with two attached hydrogens (primary N) is 1. The van der Waals surface area contributed by atoms with Crippen LogP contribution < -0.4 is 11.1 Å². The van der Waals surface area contributed by atoms with Gasteiger partial charge in [-0.25, -0.2) is 0 Å². The Hall–Kier alpha value is -0.930. The Balaban J connectivity index is 3.13. The Morgan fingerprint density at radius 1 is 1.38 bits per heavy atom. The number of guanidine groups is 1. The molecule has 1 aromatic carbocycles. The zero-order valence-electron chi connectivity index (χ0n) is 6.99. The molecule has 1 rings (SSSR count). The van der Waals surface area contributed by atoms with Crippen molar-refractivity contribution in [2.45, 2.75) is 6.92 Å². The summed E-state index contributed by atoms with van der Waals surface area (Å²) in [4.78, 5) is 0. The molecule has 0 atom stereocenters. The molecule has 3 nitrogen and oxygen atoms in total. The van der Waals surface area contributed by atoms with Gasteiger partial charge in [0.1, 0.15) is 0 Å². The van der Waals surface area contributed by atoms with Gasteiger partial charge in [0.25, 0.3) is 0 Å². The number of hydrogen-bond acceptors (Lipinski definition) is 1. The van der Waals surface area contributed by atoms with Crippen LogP contribution in [0.15, 0.2) is 12.1 Å². The highest BCUT2D eigenvalue weighted by atomic mass is 35.5. The highest BCUT2D eigenvalue weighted by molar-refractivity contribution is 6.39. The van der Waals surface area contributed by atoms with Gasteiger partial charge in [0, 0.05) is 0 Å². The first-order valence-corrected chi connectivity index (χ1v) is 4.33. The summed E-state index contributed by atoms with van der Waals surface area (Å²) in [5.74, 6) is -0.187. The predicted octanol–water partition coefficient (Wildman–Crippen LogP) is 2.61. The van der Waals surface area contributed by atoms with Gasteiger partial charge < -0.3 is 11.1 Å². The van der Waals surface area contributed by atoms with E-state index in [1.54, 1.807) is 12.1 Å². The Morgan fingerprint density at radius 3 is 2.23 bits per heavy atom. The zero-order chi connectivity index (χ0) is 10.0. The molecule has 13 heavy (non-hydrogen) atoms. The minimum atomic E-state index is -0.187. The lowest BCUT2D eigenvalue weighted by atomic mass is 10.2. The van der Waals surface area contributed by atoms with Crippen LogP contribution in [-0.4, -0.2) is 5.96 Å². The molecule has 0 saturated heterocycles. The Morgan fingerprint density at radius 2 is 1.85 bits per heavy atom. The Labute approximate surface area is 86.3 Å². The molecule has 0 unspecified atom stereocenters. The summed E-state index contributed by atoms with van der Waals surface area (Å²) >= 11 is 11.8. The van der Waals surface area contributed by atoms with E-state index >= 15 is 0 Å². The molecular formula is C8H9Cl2N3. The van der Waals surface area contributed by atoms with Crippen LogP contribution in [0.5, 0.6) is 0 Å². The molecular weight excluding hydrogens is 209 g/mol. The molecule has 0 saturated carbocycles. The molecule has 0 radical (unpaired) electrons. The fourth-order valence-corrected chi connectivity index (χ4v) is 1.64. The SMILES string of the molecule is Cc1cc(Cl)c(NC(=N)N)c(Cl)c1. The van der Waals surface area contributed by atoms with Gasteiger partial charge in [-0.3, -0.25) is 5.41 Å². The molecule has 0 aliphatic rings. The number of hydrogen-bond donors (Lipinski definition) is 3. The van der Waals surface area contributed by atoms with E-state index in [0.29, 0.717) is 15.7 Å². The summed E-state index contributed by atoms with van der Waals surface area (Å²) in [6, 6.07) is 3.50. The second-order valence-corrected chi connectivity index (χ2v) is 3.46. The maximum atomic E-state index is 7.03. The van der Waals surface area contributed by atoms with E-state index in [1.807, 2.05) is 6.92 Å². The number of rotatable bonds is 1. The summed E-state index contributed by atoms with van der Waals surface area (Å²) < 4.78 is 0. The van der Waals surface area contributed by atoms with E-state index in [0.717, 1.165) is 5.56 Å². The average Bonchev–Trinajstić information content (AvgIpc) is 1.96. The number of nitrogens with one attached hydrogen (secondary N) is 2. The van der Waals surface area contributed by atoms with Crippen LogP contribution in [0.2, 0.25) is 10.0 Å². The van der Waals surface area contributed by atoms with Crippen LogP contribution in [0, 0.1) is 12.3 Å². The maximum absolute atomic E-state index is 7.03. The highest BCUT2D eigenvalue weighted by Crippen LogP contribution is 2.31. The van der Waals surface area contributed by atoms with Crippen LogP contribution in [0.25, 0.3) is 0 Å². The molecule has 70 valence electrons. The summed E-state index contributed by atoms with van der Waals surface area (Å²) in [6.07, 6.45) is 0. The van der Waals surface area contributed by atoms with Crippen molar-refractivity contribution in [1.29, 1.82) is 5.41 Å². The topological polar surface area (TPSA) is 61.9 Å². The summed E-state index contributed by atoms with van der Waals surface area (Å²) in [5.41, 5.74) is 6.59. The van der Waals surface area contributed by atoms with Gasteiger partial charge in [0.05, 0.1) is 15.7 Å². The fraction of sp³-hybridized carbons (Fsp3) is 0.125. The van der Waals surface area contributed by atoms with Crippen molar-refractivity contribution in [2.75, 3.05) is 5.32 Å². The molecule has 0 aliphatic carbocycles. The fourth-order valence-electron chi connectivity index (χ4n) is 0.954. The smallest absolute Gasteiger partial charge is 0.190 e.